The molecule has 2 amide bonds. The molecule has 1 heterocycles. The van der Waals surface area contributed by atoms with Crippen LogP contribution in [0.3, 0.4) is 0 Å². The van der Waals surface area contributed by atoms with Gasteiger partial charge in [-0.25, -0.2) is 0 Å². The summed E-state index contributed by atoms with van der Waals surface area (Å²) in [6, 6.07) is 23.0. The lowest BCUT2D eigenvalue weighted by molar-refractivity contribution is 0.0949. The molecule has 0 radical (unpaired) electrons. The predicted molar refractivity (Wildman–Crippen MR) is 145 cm³/mol. The van der Waals surface area contributed by atoms with Crippen molar-refractivity contribution in [3.63, 3.8) is 0 Å². The molecule has 1 aromatic heterocycles. The van der Waals surface area contributed by atoms with Crippen molar-refractivity contribution < 1.29 is 13.8 Å². The molecule has 36 heavy (non-hydrogen) atoms. The number of hydrogen-bond donors (Lipinski definition) is 2. The van der Waals surface area contributed by atoms with Gasteiger partial charge in [-0.1, -0.05) is 31.2 Å². The molecular weight excluding hydrogens is 470 g/mol. The fourth-order valence-corrected chi connectivity index (χ4v) is 5.16. The lowest BCUT2D eigenvalue weighted by atomic mass is 10.1. The van der Waals surface area contributed by atoms with Crippen molar-refractivity contribution >= 4 is 33.5 Å². The largest absolute Gasteiger partial charge is 0.366 e. The van der Waals surface area contributed by atoms with Gasteiger partial charge in [0.15, 0.2) is 0 Å². The van der Waals surface area contributed by atoms with Gasteiger partial charge in [-0.2, -0.15) is 0 Å². The number of nitrogens with two attached hydrogens (primary N) is 1. The quantitative estimate of drug-likeness (QED) is 0.339. The van der Waals surface area contributed by atoms with Gasteiger partial charge in [0.1, 0.15) is 0 Å². The molecule has 0 bridgehead atoms. The predicted octanol–water partition coefficient (Wildman–Crippen LogP) is 4.97. The molecule has 0 spiro atoms. The highest BCUT2D eigenvalue weighted by Gasteiger charge is 2.15. The lowest BCUT2D eigenvalue weighted by Gasteiger charge is -2.15. The molecule has 1 unspecified atom stereocenters. The Morgan fingerprint density at radius 1 is 0.917 bits per heavy atom. The molecule has 4 rings (SSSR count). The van der Waals surface area contributed by atoms with Crippen LogP contribution in [0, 0.1) is 0 Å². The highest BCUT2D eigenvalue weighted by molar-refractivity contribution is 7.85. The summed E-state index contributed by atoms with van der Waals surface area (Å²) in [6.07, 6.45) is 0.701. The summed E-state index contributed by atoms with van der Waals surface area (Å²) >= 11 is 0. The summed E-state index contributed by atoms with van der Waals surface area (Å²) < 4.78 is 14.2. The van der Waals surface area contributed by atoms with E-state index in [0.29, 0.717) is 29.8 Å². The molecule has 0 aliphatic heterocycles. The highest BCUT2D eigenvalue weighted by Crippen LogP contribution is 2.27. The third-order valence-corrected chi connectivity index (χ3v) is 7.54. The van der Waals surface area contributed by atoms with Gasteiger partial charge < -0.3 is 15.6 Å². The number of amides is 2. The summed E-state index contributed by atoms with van der Waals surface area (Å²) in [5.41, 5.74) is 10.7. The number of aromatic nitrogens is 1. The Kier molecular flexibility index (Phi) is 7.70. The number of primary amides is 1. The standard InChI is InChI=1S/C29H31N3O3S/c1-4-36(35)26-12-7-21(8-13-26)18-31-29(34)23-11-14-27-24(16-23)17-25(32(27)19(2)3)15-20-5-9-22(10-6-20)28(30)33/h5-14,16-17,19H,4,15,18H2,1-3H3,(H2,30,33)(H,31,34). The molecular formula is C29H31N3O3S. The summed E-state index contributed by atoms with van der Waals surface area (Å²) in [4.78, 5) is 25.0. The first kappa shape index (κ1) is 25.4. The first-order chi connectivity index (χ1) is 17.3. The van der Waals surface area contributed by atoms with Crippen molar-refractivity contribution in [1.82, 2.24) is 9.88 Å². The van der Waals surface area contributed by atoms with Gasteiger partial charge in [-0.3, -0.25) is 13.8 Å². The van der Waals surface area contributed by atoms with E-state index in [1.165, 1.54) is 0 Å². The maximum atomic E-state index is 12.9. The number of nitrogens with zero attached hydrogens (tertiary/aromatic N) is 1. The van der Waals surface area contributed by atoms with Crippen molar-refractivity contribution in [2.75, 3.05) is 5.75 Å². The third-order valence-electron chi connectivity index (χ3n) is 6.22. The summed E-state index contributed by atoms with van der Waals surface area (Å²) in [6.45, 7) is 6.57. The Balaban J connectivity index is 1.52. The molecule has 3 N–H and O–H groups in total. The summed E-state index contributed by atoms with van der Waals surface area (Å²) in [5, 5.41) is 3.99. The zero-order chi connectivity index (χ0) is 25.8. The van der Waals surface area contributed by atoms with Crippen LogP contribution < -0.4 is 11.1 Å². The Morgan fingerprint density at radius 2 is 1.56 bits per heavy atom. The van der Waals surface area contributed by atoms with Crippen LogP contribution in [0.5, 0.6) is 0 Å². The second kappa shape index (κ2) is 10.9. The number of benzene rings is 3. The molecule has 3 aromatic carbocycles. The summed E-state index contributed by atoms with van der Waals surface area (Å²) in [7, 11) is -0.982. The number of fused-ring (bicyclic) bond motifs is 1. The fourth-order valence-electron chi connectivity index (χ4n) is 4.39. The second-order valence-electron chi connectivity index (χ2n) is 9.07. The van der Waals surface area contributed by atoms with Gasteiger partial charge in [-0.15, -0.1) is 0 Å². The number of carbonyl (C=O) groups is 2. The van der Waals surface area contributed by atoms with Crippen LogP contribution in [0.15, 0.2) is 77.7 Å². The third kappa shape index (κ3) is 5.57. The van der Waals surface area contributed by atoms with E-state index in [9.17, 15) is 13.8 Å². The monoisotopic (exact) mass is 501 g/mol. The van der Waals surface area contributed by atoms with E-state index in [2.05, 4.69) is 29.8 Å². The molecule has 0 saturated carbocycles. The van der Waals surface area contributed by atoms with E-state index in [4.69, 9.17) is 5.73 Å². The second-order valence-corrected chi connectivity index (χ2v) is 10.8. The van der Waals surface area contributed by atoms with Crippen molar-refractivity contribution in [3.8, 4) is 0 Å². The van der Waals surface area contributed by atoms with Crippen molar-refractivity contribution in [2.45, 2.75) is 44.7 Å². The van der Waals surface area contributed by atoms with Gasteiger partial charge in [0.2, 0.25) is 5.91 Å². The Bertz CT molecular complexity index is 1420. The normalized spacial score (nSPS) is 12.1. The molecule has 6 nitrogen and oxygen atoms in total. The highest BCUT2D eigenvalue weighted by atomic mass is 32.2. The Labute approximate surface area is 214 Å². The van der Waals surface area contributed by atoms with Crippen LogP contribution in [0.2, 0.25) is 0 Å². The number of carbonyl (C=O) groups excluding carboxylic acids is 2. The van der Waals surface area contributed by atoms with Crippen LogP contribution >= 0.6 is 0 Å². The number of rotatable bonds is 9. The summed E-state index contributed by atoms with van der Waals surface area (Å²) in [5.74, 6) is 0.00741. The maximum absolute atomic E-state index is 12.9. The van der Waals surface area contributed by atoms with Crippen LogP contribution in [0.4, 0.5) is 0 Å². The first-order valence-corrected chi connectivity index (χ1v) is 13.4. The number of nitrogens with one attached hydrogen (secondary N) is 1. The van der Waals surface area contributed by atoms with Crippen molar-refractivity contribution in [2.24, 2.45) is 5.73 Å². The zero-order valence-corrected chi connectivity index (χ0v) is 21.6. The topological polar surface area (TPSA) is 94.2 Å². The first-order valence-electron chi connectivity index (χ1n) is 12.0. The molecule has 4 aromatic rings. The fraction of sp³-hybridized carbons (Fsp3) is 0.241. The molecule has 1 atom stereocenters. The van der Waals surface area contributed by atoms with Crippen LogP contribution in [-0.4, -0.2) is 26.3 Å². The van der Waals surface area contributed by atoms with E-state index in [0.717, 1.165) is 32.6 Å². The smallest absolute Gasteiger partial charge is 0.251 e. The minimum Gasteiger partial charge on any atom is -0.366 e. The van der Waals surface area contributed by atoms with E-state index in [1.54, 1.807) is 12.1 Å². The van der Waals surface area contributed by atoms with Crippen LogP contribution in [0.1, 0.15) is 64.3 Å². The average Bonchev–Trinajstić information content (AvgIpc) is 3.24. The van der Waals surface area contributed by atoms with E-state index >= 15 is 0 Å². The average molecular weight is 502 g/mol. The zero-order valence-electron chi connectivity index (χ0n) is 20.8. The van der Waals surface area contributed by atoms with Crippen molar-refractivity contribution in [3.05, 3.63) is 101 Å². The van der Waals surface area contributed by atoms with E-state index in [-0.39, 0.29) is 11.9 Å². The molecule has 0 fully saturated rings. The van der Waals surface area contributed by atoms with Gasteiger partial charge in [-0.05, 0) is 73.5 Å². The molecule has 0 saturated heterocycles. The maximum Gasteiger partial charge on any atom is 0.251 e. The van der Waals surface area contributed by atoms with E-state index in [1.807, 2.05) is 61.5 Å². The Hall–Kier alpha value is -3.71. The lowest BCUT2D eigenvalue weighted by Crippen LogP contribution is -2.22. The van der Waals surface area contributed by atoms with Gasteiger partial charge in [0, 0.05) is 57.4 Å². The molecule has 0 aliphatic carbocycles. The molecule has 0 aliphatic rings. The SMILES string of the molecule is CCS(=O)c1ccc(CNC(=O)c2ccc3c(c2)cc(Cc2ccc(C(N)=O)cc2)n3C(C)C)cc1. The van der Waals surface area contributed by atoms with Gasteiger partial charge in [0.05, 0.1) is 10.8 Å². The molecule has 7 heteroatoms. The minimum atomic E-state index is -0.982. The Morgan fingerprint density at radius 3 is 2.17 bits per heavy atom. The van der Waals surface area contributed by atoms with Crippen molar-refractivity contribution in [1.29, 1.82) is 0 Å². The van der Waals surface area contributed by atoms with Gasteiger partial charge >= 0.3 is 0 Å². The molecule has 186 valence electrons. The minimum absolute atomic E-state index is 0.140. The van der Waals surface area contributed by atoms with Crippen LogP contribution in [0.25, 0.3) is 10.9 Å². The number of hydrogen-bond acceptors (Lipinski definition) is 3. The van der Waals surface area contributed by atoms with Gasteiger partial charge in [0.25, 0.3) is 5.91 Å². The van der Waals surface area contributed by atoms with E-state index < -0.39 is 16.7 Å². The van der Waals surface area contributed by atoms with Crippen LogP contribution in [-0.2, 0) is 23.8 Å².